The Hall–Kier alpha value is -3.15. The Kier molecular flexibility index (Phi) is 5.84. The standard InChI is InChI=1S/C24H26N2O4/c1-26(21-8-4-6-16-5-2-3-7-20(16)21)22(27)15-30-24(29)18-11-13-19(14-12-18)25-23(28)17-9-10-17/h2-3,5,7,11-14,17,21H,4,6,8-10,15H2,1H3,(H,25,28). The maximum Gasteiger partial charge on any atom is 0.338 e. The van der Waals surface area contributed by atoms with E-state index in [2.05, 4.69) is 17.4 Å². The Balaban J connectivity index is 1.31. The normalized spacial score (nSPS) is 17.6. The number of likely N-dealkylation sites (N-methyl/N-ethyl adjacent to an activating group) is 1. The first kappa shape index (κ1) is 20.1. The number of nitrogens with zero attached hydrogens (tertiary/aromatic N) is 1. The molecular weight excluding hydrogens is 380 g/mol. The summed E-state index contributed by atoms with van der Waals surface area (Å²) >= 11 is 0. The van der Waals surface area contributed by atoms with E-state index in [1.54, 1.807) is 36.2 Å². The minimum Gasteiger partial charge on any atom is -0.452 e. The van der Waals surface area contributed by atoms with Gasteiger partial charge in [-0.25, -0.2) is 4.79 Å². The zero-order valence-corrected chi connectivity index (χ0v) is 17.1. The Bertz CT molecular complexity index is 950. The molecule has 2 aromatic carbocycles. The van der Waals surface area contributed by atoms with Crippen molar-refractivity contribution in [3.05, 3.63) is 65.2 Å². The van der Waals surface area contributed by atoms with Crippen LogP contribution >= 0.6 is 0 Å². The Labute approximate surface area is 176 Å². The average molecular weight is 406 g/mol. The summed E-state index contributed by atoms with van der Waals surface area (Å²) in [5.74, 6) is -0.642. The molecule has 1 atom stereocenters. The maximum atomic E-state index is 12.6. The molecule has 2 amide bonds. The second-order valence-electron chi connectivity index (χ2n) is 8.03. The summed E-state index contributed by atoms with van der Waals surface area (Å²) in [6.07, 6.45) is 4.83. The Morgan fingerprint density at radius 2 is 1.77 bits per heavy atom. The van der Waals surface area contributed by atoms with Gasteiger partial charge >= 0.3 is 5.97 Å². The molecule has 1 fully saturated rings. The van der Waals surface area contributed by atoms with Crippen molar-refractivity contribution in [1.82, 2.24) is 4.90 Å². The highest BCUT2D eigenvalue weighted by atomic mass is 16.5. The molecule has 1 unspecified atom stereocenters. The van der Waals surface area contributed by atoms with Gasteiger partial charge in [0.1, 0.15) is 0 Å². The van der Waals surface area contributed by atoms with Gasteiger partial charge < -0.3 is 15.0 Å². The molecular formula is C24H26N2O4. The summed E-state index contributed by atoms with van der Waals surface area (Å²) < 4.78 is 5.24. The molecule has 1 N–H and O–H groups in total. The third-order valence-electron chi connectivity index (χ3n) is 5.86. The van der Waals surface area contributed by atoms with Crippen molar-refractivity contribution in [2.45, 2.75) is 38.1 Å². The molecule has 0 heterocycles. The zero-order chi connectivity index (χ0) is 21.1. The SMILES string of the molecule is CN(C(=O)COC(=O)c1ccc(NC(=O)C2CC2)cc1)C1CCCc2ccccc21. The van der Waals surface area contributed by atoms with Gasteiger partial charge in [0.2, 0.25) is 5.91 Å². The van der Waals surface area contributed by atoms with Gasteiger partial charge in [-0.15, -0.1) is 0 Å². The summed E-state index contributed by atoms with van der Waals surface area (Å²) in [5, 5.41) is 2.83. The van der Waals surface area contributed by atoms with Crippen molar-refractivity contribution >= 4 is 23.5 Å². The first-order chi connectivity index (χ1) is 14.5. The van der Waals surface area contributed by atoms with E-state index in [-0.39, 0.29) is 30.4 Å². The van der Waals surface area contributed by atoms with Crippen molar-refractivity contribution in [2.24, 2.45) is 5.92 Å². The van der Waals surface area contributed by atoms with Crippen molar-refractivity contribution in [3.8, 4) is 0 Å². The summed E-state index contributed by atoms with van der Waals surface area (Å²) in [7, 11) is 1.76. The van der Waals surface area contributed by atoms with E-state index >= 15 is 0 Å². The third-order valence-corrected chi connectivity index (χ3v) is 5.86. The smallest absolute Gasteiger partial charge is 0.338 e. The van der Waals surface area contributed by atoms with E-state index in [0.717, 1.165) is 32.1 Å². The van der Waals surface area contributed by atoms with Crippen LogP contribution in [-0.2, 0) is 20.7 Å². The van der Waals surface area contributed by atoms with Crippen LogP contribution in [0.25, 0.3) is 0 Å². The molecule has 6 nitrogen and oxygen atoms in total. The number of rotatable bonds is 6. The van der Waals surface area contributed by atoms with Crippen LogP contribution in [0.15, 0.2) is 48.5 Å². The van der Waals surface area contributed by atoms with Crippen LogP contribution in [0.2, 0.25) is 0 Å². The first-order valence-corrected chi connectivity index (χ1v) is 10.4. The molecule has 0 spiro atoms. The quantitative estimate of drug-likeness (QED) is 0.742. The van der Waals surface area contributed by atoms with E-state index in [1.165, 1.54) is 11.1 Å². The largest absolute Gasteiger partial charge is 0.452 e. The van der Waals surface area contributed by atoms with Crippen LogP contribution in [0, 0.1) is 5.92 Å². The molecule has 0 aliphatic heterocycles. The van der Waals surface area contributed by atoms with Gasteiger partial charge in [0.05, 0.1) is 11.6 Å². The molecule has 2 aliphatic carbocycles. The molecule has 2 aliphatic rings. The second-order valence-corrected chi connectivity index (χ2v) is 8.03. The number of nitrogens with one attached hydrogen (secondary N) is 1. The van der Waals surface area contributed by atoms with Crippen LogP contribution in [-0.4, -0.2) is 36.3 Å². The molecule has 4 rings (SSSR count). The highest BCUT2D eigenvalue weighted by Crippen LogP contribution is 2.33. The number of carbonyl (C=O) groups is 3. The maximum absolute atomic E-state index is 12.6. The molecule has 0 radical (unpaired) electrons. The van der Waals surface area contributed by atoms with Crippen molar-refractivity contribution in [1.29, 1.82) is 0 Å². The fourth-order valence-corrected chi connectivity index (χ4v) is 3.90. The highest BCUT2D eigenvalue weighted by molar-refractivity contribution is 5.95. The van der Waals surface area contributed by atoms with E-state index in [1.807, 2.05) is 12.1 Å². The number of fused-ring (bicyclic) bond motifs is 1. The number of esters is 1. The molecule has 0 bridgehead atoms. The number of anilines is 1. The second kappa shape index (κ2) is 8.69. The first-order valence-electron chi connectivity index (χ1n) is 10.4. The fraction of sp³-hybridized carbons (Fsp3) is 0.375. The number of hydrogen-bond acceptors (Lipinski definition) is 4. The number of aryl methyl sites for hydroxylation is 1. The minimum atomic E-state index is -0.555. The molecule has 30 heavy (non-hydrogen) atoms. The number of amides is 2. The lowest BCUT2D eigenvalue weighted by atomic mass is 9.87. The summed E-state index contributed by atoms with van der Waals surface area (Å²) in [6.45, 7) is -0.297. The van der Waals surface area contributed by atoms with Crippen molar-refractivity contribution in [3.63, 3.8) is 0 Å². The van der Waals surface area contributed by atoms with Crippen molar-refractivity contribution < 1.29 is 19.1 Å². The molecule has 0 aromatic heterocycles. The van der Waals surface area contributed by atoms with Gasteiger partial charge in [-0.3, -0.25) is 9.59 Å². The number of ether oxygens (including phenoxy) is 1. The number of carbonyl (C=O) groups excluding carboxylic acids is 3. The average Bonchev–Trinajstić information content (AvgIpc) is 3.62. The zero-order valence-electron chi connectivity index (χ0n) is 17.1. The monoisotopic (exact) mass is 406 g/mol. The lowest BCUT2D eigenvalue weighted by Crippen LogP contribution is -2.36. The van der Waals surface area contributed by atoms with Crippen LogP contribution < -0.4 is 5.32 Å². The Morgan fingerprint density at radius 3 is 2.50 bits per heavy atom. The molecule has 156 valence electrons. The highest BCUT2D eigenvalue weighted by Gasteiger charge is 2.29. The lowest BCUT2D eigenvalue weighted by Gasteiger charge is -2.33. The van der Waals surface area contributed by atoms with Crippen LogP contribution in [0.4, 0.5) is 5.69 Å². The predicted octanol–water partition coefficient (Wildman–Crippen LogP) is 3.73. The molecule has 1 saturated carbocycles. The minimum absolute atomic E-state index is 0.00974. The summed E-state index contributed by atoms with van der Waals surface area (Å²) in [4.78, 5) is 38.4. The van der Waals surface area contributed by atoms with E-state index in [0.29, 0.717) is 11.3 Å². The van der Waals surface area contributed by atoms with Gasteiger partial charge in [-0.05, 0) is 67.5 Å². The van der Waals surface area contributed by atoms with Gasteiger partial charge in [0.25, 0.3) is 5.91 Å². The molecule has 0 saturated heterocycles. The van der Waals surface area contributed by atoms with E-state index in [9.17, 15) is 14.4 Å². The van der Waals surface area contributed by atoms with E-state index < -0.39 is 5.97 Å². The molecule has 6 heteroatoms. The van der Waals surface area contributed by atoms with Crippen LogP contribution in [0.5, 0.6) is 0 Å². The van der Waals surface area contributed by atoms with E-state index in [4.69, 9.17) is 4.74 Å². The number of hydrogen-bond donors (Lipinski definition) is 1. The summed E-state index contributed by atoms with van der Waals surface area (Å²) in [5.41, 5.74) is 3.45. The third kappa shape index (κ3) is 4.53. The topological polar surface area (TPSA) is 75.7 Å². The van der Waals surface area contributed by atoms with Gasteiger partial charge in [-0.1, -0.05) is 24.3 Å². The lowest BCUT2D eigenvalue weighted by molar-refractivity contribution is -0.135. The van der Waals surface area contributed by atoms with Gasteiger partial charge in [-0.2, -0.15) is 0 Å². The number of benzene rings is 2. The van der Waals surface area contributed by atoms with Crippen LogP contribution in [0.3, 0.4) is 0 Å². The predicted molar refractivity (Wildman–Crippen MR) is 113 cm³/mol. The molecule has 2 aromatic rings. The van der Waals surface area contributed by atoms with Gasteiger partial charge in [0.15, 0.2) is 6.61 Å². The fourth-order valence-electron chi connectivity index (χ4n) is 3.90. The van der Waals surface area contributed by atoms with Crippen LogP contribution in [0.1, 0.15) is 53.2 Å². The summed E-state index contributed by atoms with van der Waals surface area (Å²) in [6, 6.07) is 14.7. The van der Waals surface area contributed by atoms with Gasteiger partial charge in [0, 0.05) is 18.7 Å². The van der Waals surface area contributed by atoms with Crippen molar-refractivity contribution in [2.75, 3.05) is 19.0 Å². The Morgan fingerprint density at radius 1 is 1.03 bits per heavy atom.